The number of nitrogens with zero attached hydrogens (tertiary/aromatic N) is 3. The first-order chi connectivity index (χ1) is 11.7. The van der Waals surface area contributed by atoms with E-state index in [1.165, 1.54) is 0 Å². The molecule has 0 unspecified atom stereocenters. The molecule has 0 bridgehead atoms. The van der Waals surface area contributed by atoms with Gasteiger partial charge in [-0.25, -0.2) is 9.48 Å². The Labute approximate surface area is 141 Å². The molecule has 1 aromatic carbocycles. The fourth-order valence-electron chi connectivity index (χ4n) is 2.70. The first-order valence-corrected chi connectivity index (χ1v) is 8.19. The topological polar surface area (TPSA) is 71.4 Å². The number of carbonyl (C=O) groups is 1. The molecule has 24 heavy (non-hydrogen) atoms. The number of hydrogen-bond donors (Lipinski definition) is 2. The molecule has 7 heteroatoms. The molecule has 2 amide bonds. The van der Waals surface area contributed by atoms with E-state index in [9.17, 15) is 4.79 Å². The summed E-state index contributed by atoms with van der Waals surface area (Å²) in [5.74, 6) is 0.646. The van der Waals surface area contributed by atoms with Crippen LogP contribution < -0.4 is 10.6 Å². The van der Waals surface area contributed by atoms with Gasteiger partial charge < -0.3 is 10.1 Å². The van der Waals surface area contributed by atoms with Crippen molar-refractivity contribution in [2.45, 2.75) is 6.92 Å². The molecule has 7 nitrogen and oxygen atoms in total. The molecular formula is C17H23N5O2. The Morgan fingerprint density at radius 3 is 2.83 bits per heavy atom. The highest BCUT2D eigenvalue weighted by Crippen LogP contribution is 2.17. The number of urea groups is 1. The maximum absolute atomic E-state index is 12.1. The number of ether oxygens (including phenoxy) is 1. The van der Waals surface area contributed by atoms with Crippen LogP contribution in [0.4, 0.5) is 10.6 Å². The fraction of sp³-hybridized carbons (Fsp3) is 0.412. The average Bonchev–Trinajstić information content (AvgIpc) is 3.04. The highest BCUT2D eigenvalue weighted by Gasteiger charge is 2.12. The number of carbonyl (C=O) groups excluding carboxylic acids is 1. The van der Waals surface area contributed by atoms with Crippen LogP contribution in [0.15, 0.2) is 36.5 Å². The van der Waals surface area contributed by atoms with Gasteiger partial charge in [0.15, 0.2) is 0 Å². The molecule has 0 spiro atoms. The van der Waals surface area contributed by atoms with Crippen molar-refractivity contribution >= 4 is 11.8 Å². The Bertz CT molecular complexity index is 679. The molecule has 1 aromatic heterocycles. The molecule has 2 N–H and O–H groups in total. The quantitative estimate of drug-likeness (QED) is 0.875. The second kappa shape index (κ2) is 7.94. The smallest absolute Gasteiger partial charge is 0.320 e. The summed E-state index contributed by atoms with van der Waals surface area (Å²) in [7, 11) is 0. The van der Waals surface area contributed by atoms with Crippen molar-refractivity contribution in [2.75, 3.05) is 44.7 Å². The predicted octanol–water partition coefficient (Wildman–Crippen LogP) is 1.63. The van der Waals surface area contributed by atoms with Crippen LogP contribution in [0.5, 0.6) is 0 Å². The van der Waals surface area contributed by atoms with Gasteiger partial charge in [0.25, 0.3) is 0 Å². The van der Waals surface area contributed by atoms with E-state index >= 15 is 0 Å². The number of amides is 2. The molecule has 1 aliphatic heterocycles. The van der Waals surface area contributed by atoms with Gasteiger partial charge in [-0.05, 0) is 18.6 Å². The first-order valence-electron chi connectivity index (χ1n) is 8.19. The molecule has 0 atom stereocenters. The van der Waals surface area contributed by atoms with Crippen molar-refractivity contribution in [3.05, 3.63) is 42.1 Å². The number of rotatable bonds is 5. The molecule has 1 fully saturated rings. The van der Waals surface area contributed by atoms with E-state index in [-0.39, 0.29) is 6.03 Å². The highest BCUT2D eigenvalue weighted by atomic mass is 16.5. The number of para-hydroxylation sites is 1. The minimum atomic E-state index is -0.224. The predicted molar refractivity (Wildman–Crippen MR) is 92.6 cm³/mol. The lowest BCUT2D eigenvalue weighted by atomic mass is 10.2. The van der Waals surface area contributed by atoms with Gasteiger partial charge in [0.05, 0.1) is 25.1 Å². The molecule has 3 rings (SSSR count). The van der Waals surface area contributed by atoms with Crippen molar-refractivity contribution in [1.82, 2.24) is 20.0 Å². The number of aromatic nitrogens is 2. The summed E-state index contributed by atoms with van der Waals surface area (Å²) in [5, 5.41) is 10.1. The monoisotopic (exact) mass is 329 g/mol. The van der Waals surface area contributed by atoms with Crippen molar-refractivity contribution in [3.63, 3.8) is 0 Å². The normalized spacial score (nSPS) is 15.2. The summed E-state index contributed by atoms with van der Waals surface area (Å²) in [6, 6.07) is 9.49. The molecular weight excluding hydrogens is 306 g/mol. The van der Waals surface area contributed by atoms with Crippen molar-refractivity contribution in [3.8, 4) is 5.69 Å². The van der Waals surface area contributed by atoms with Crippen LogP contribution in [0.3, 0.4) is 0 Å². The van der Waals surface area contributed by atoms with Crippen molar-refractivity contribution in [1.29, 1.82) is 0 Å². The van der Waals surface area contributed by atoms with E-state index in [4.69, 9.17) is 4.74 Å². The molecule has 2 heterocycles. The third kappa shape index (κ3) is 4.12. The molecule has 128 valence electrons. The number of aryl methyl sites for hydroxylation is 1. The Kier molecular flexibility index (Phi) is 5.45. The first kappa shape index (κ1) is 16.5. The highest BCUT2D eigenvalue weighted by molar-refractivity contribution is 5.88. The number of hydrogen-bond acceptors (Lipinski definition) is 4. The molecule has 0 saturated carbocycles. The van der Waals surface area contributed by atoms with Crippen LogP contribution in [-0.2, 0) is 4.74 Å². The molecule has 0 radical (unpaired) electrons. The fourth-order valence-corrected chi connectivity index (χ4v) is 2.70. The minimum Gasteiger partial charge on any atom is -0.379 e. The molecule has 0 aliphatic carbocycles. The van der Waals surface area contributed by atoms with Crippen LogP contribution in [0.2, 0.25) is 0 Å². The summed E-state index contributed by atoms with van der Waals surface area (Å²) in [5.41, 5.74) is 2.04. The number of benzene rings is 1. The second-order valence-corrected chi connectivity index (χ2v) is 5.75. The van der Waals surface area contributed by atoms with Gasteiger partial charge in [0, 0.05) is 32.2 Å². The molecule has 2 aromatic rings. The Balaban J connectivity index is 1.54. The molecule has 1 aliphatic rings. The van der Waals surface area contributed by atoms with Gasteiger partial charge in [-0.3, -0.25) is 10.2 Å². The van der Waals surface area contributed by atoms with Crippen molar-refractivity contribution in [2.24, 2.45) is 0 Å². The van der Waals surface area contributed by atoms with Gasteiger partial charge in [0.2, 0.25) is 0 Å². The van der Waals surface area contributed by atoms with E-state index in [0.717, 1.165) is 44.1 Å². The zero-order valence-corrected chi connectivity index (χ0v) is 13.9. The van der Waals surface area contributed by atoms with Gasteiger partial charge >= 0.3 is 6.03 Å². The van der Waals surface area contributed by atoms with Crippen LogP contribution >= 0.6 is 0 Å². The maximum atomic E-state index is 12.1. The van der Waals surface area contributed by atoms with Gasteiger partial charge in [-0.2, -0.15) is 5.10 Å². The van der Waals surface area contributed by atoms with Gasteiger partial charge in [-0.15, -0.1) is 0 Å². The lowest BCUT2D eigenvalue weighted by Crippen LogP contribution is -2.42. The van der Waals surface area contributed by atoms with Gasteiger partial charge in [-0.1, -0.05) is 18.2 Å². The number of morpholine rings is 1. The second-order valence-electron chi connectivity index (χ2n) is 5.75. The number of anilines is 1. The Morgan fingerprint density at radius 1 is 1.25 bits per heavy atom. The van der Waals surface area contributed by atoms with E-state index in [1.807, 2.05) is 31.2 Å². The number of nitrogens with one attached hydrogen (secondary N) is 2. The van der Waals surface area contributed by atoms with Crippen molar-refractivity contribution < 1.29 is 9.53 Å². The summed E-state index contributed by atoms with van der Waals surface area (Å²) >= 11 is 0. The van der Waals surface area contributed by atoms with Crippen LogP contribution in [0, 0.1) is 6.92 Å². The SMILES string of the molecule is Cc1ccccc1-n1nccc1NC(=O)NCCN1CCOCC1. The largest absolute Gasteiger partial charge is 0.379 e. The van der Waals surface area contributed by atoms with E-state index in [0.29, 0.717) is 12.4 Å². The summed E-state index contributed by atoms with van der Waals surface area (Å²) in [4.78, 5) is 14.4. The standard InChI is InChI=1S/C17H23N5O2/c1-14-4-2-3-5-15(14)22-16(6-7-19-22)20-17(23)18-8-9-21-10-12-24-13-11-21/h2-7H,8-13H2,1H3,(H2,18,20,23). The average molecular weight is 329 g/mol. The third-order valence-corrected chi connectivity index (χ3v) is 4.05. The Hall–Kier alpha value is -2.38. The molecule has 1 saturated heterocycles. The Morgan fingerprint density at radius 2 is 2.04 bits per heavy atom. The summed E-state index contributed by atoms with van der Waals surface area (Å²) < 4.78 is 7.04. The zero-order chi connectivity index (χ0) is 16.8. The van der Waals surface area contributed by atoms with E-state index in [2.05, 4.69) is 20.6 Å². The zero-order valence-electron chi connectivity index (χ0n) is 13.9. The maximum Gasteiger partial charge on any atom is 0.320 e. The lowest BCUT2D eigenvalue weighted by molar-refractivity contribution is 0.0388. The summed E-state index contributed by atoms with van der Waals surface area (Å²) in [6.07, 6.45) is 1.68. The van der Waals surface area contributed by atoms with Crippen LogP contribution in [-0.4, -0.2) is 60.1 Å². The van der Waals surface area contributed by atoms with Gasteiger partial charge in [0.1, 0.15) is 5.82 Å². The van der Waals surface area contributed by atoms with Crippen LogP contribution in [0.25, 0.3) is 5.69 Å². The van der Waals surface area contributed by atoms with E-state index < -0.39 is 0 Å². The third-order valence-electron chi connectivity index (χ3n) is 4.05. The minimum absolute atomic E-state index is 0.224. The summed E-state index contributed by atoms with van der Waals surface area (Å²) in [6.45, 7) is 6.82. The van der Waals surface area contributed by atoms with E-state index in [1.54, 1.807) is 16.9 Å². The lowest BCUT2D eigenvalue weighted by Gasteiger charge is -2.26. The van der Waals surface area contributed by atoms with Crippen LogP contribution in [0.1, 0.15) is 5.56 Å².